The molecule has 0 aliphatic carbocycles. The predicted molar refractivity (Wildman–Crippen MR) is 77.6 cm³/mol. The topological polar surface area (TPSA) is 50.9 Å². The molecule has 18 heavy (non-hydrogen) atoms. The Hall–Kier alpha value is -1.61. The summed E-state index contributed by atoms with van der Waals surface area (Å²) in [5.41, 5.74) is 8.33. The number of aromatic nitrogens is 1. The molecule has 0 fully saturated rings. The molecule has 1 heterocycles. The lowest BCUT2D eigenvalue weighted by Crippen LogP contribution is -2.10. The third kappa shape index (κ3) is 2.31. The molecule has 3 heteroatoms. The summed E-state index contributed by atoms with van der Waals surface area (Å²) in [5.74, 6) is 6.25. The maximum Gasteiger partial charge on any atom is 0.0758 e. The van der Waals surface area contributed by atoms with E-state index >= 15 is 0 Å². The highest BCUT2D eigenvalue weighted by Crippen LogP contribution is 2.28. The SMILES string of the molecule is Cc1ccc(C)c2c(NN)cc(CC(C)C)nc12. The maximum atomic E-state index is 5.66. The Morgan fingerprint density at radius 1 is 1.22 bits per heavy atom. The molecule has 0 radical (unpaired) electrons. The van der Waals surface area contributed by atoms with Crippen LogP contribution in [0.4, 0.5) is 5.69 Å². The average Bonchev–Trinajstić information content (AvgIpc) is 2.32. The summed E-state index contributed by atoms with van der Waals surface area (Å²) in [6, 6.07) is 6.29. The Labute approximate surface area is 108 Å². The number of nitrogen functional groups attached to an aromatic ring is 1. The van der Waals surface area contributed by atoms with Gasteiger partial charge in [-0.25, -0.2) is 0 Å². The molecule has 0 bridgehead atoms. The molecule has 0 amide bonds. The number of pyridine rings is 1. The highest BCUT2D eigenvalue weighted by atomic mass is 15.2. The van der Waals surface area contributed by atoms with Crippen LogP contribution in [0.25, 0.3) is 10.9 Å². The first-order valence-corrected chi connectivity index (χ1v) is 6.39. The first kappa shape index (κ1) is 12.8. The minimum Gasteiger partial charge on any atom is -0.323 e. The molecule has 0 aliphatic rings. The van der Waals surface area contributed by atoms with Gasteiger partial charge in [0.05, 0.1) is 11.2 Å². The van der Waals surface area contributed by atoms with Crippen LogP contribution < -0.4 is 11.3 Å². The van der Waals surface area contributed by atoms with Crippen molar-refractivity contribution >= 4 is 16.6 Å². The number of hydrogen-bond donors (Lipinski definition) is 2. The molecule has 3 N–H and O–H groups in total. The summed E-state index contributed by atoms with van der Waals surface area (Å²) in [4.78, 5) is 4.79. The molecular formula is C15H21N3. The number of benzene rings is 1. The smallest absolute Gasteiger partial charge is 0.0758 e. The minimum absolute atomic E-state index is 0.589. The zero-order valence-corrected chi connectivity index (χ0v) is 11.5. The van der Waals surface area contributed by atoms with Gasteiger partial charge in [-0.3, -0.25) is 10.8 Å². The number of nitrogens with one attached hydrogen (secondary N) is 1. The molecule has 2 rings (SSSR count). The summed E-state index contributed by atoms with van der Waals surface area (Å²) < 4.78 is 0. The van der Waals surface area contributed by atoms with Gasteiger partial charge in [0.2, 0.25) is 0 Å². The van der Waals surface area contributed by atoms with E-state index in [2.05, 4.69) is 51.3 Å². The van der Waals surface area contributed by atoms with Gasteiger partial charge >= 0.3 is 0 Å². The van der Waals surface area contributed by atoms with Crippen LogP contribution in [0.1, 0.15) is 30.7 Å². The summed E-state index contributed by atoms with van der Waals surface area (Å²) in [6.07, 6.45) is 0.970. The van der Waals surface area contributed by atoms with E-state index in [4.69, 9.17) is 10.8 Å². The number of nitrogens with two attached hydrogens (primary N) is 1. The minimum atomic E-state index is 0.589. The van der Waals surface area contributed by atoms with E-state index < -0.39 is 0 Å². The van der Waals surface area contributed by atoms with Crippen LogP contribution in [-0.4, -0.2) is 4.98 Å². The van der Waals surface area contributed by atoms with Gasteiger partial charge in [-0.15, -0.1) is 0 Å². The molecule has 3 nitrogen and oxygen atoms in total. The van der Waals surface area contributed by atoms with E-state index in [1.54, 1.807) is 0 Å². The lowest BCUT2D eigenvalue weighted by Gasteiger charge is -2.13. The van der Waals surface area contributed by atoms with Crippen LogP contribution in [0.5, 0.6) is 0 Å². The highest BCUT2D eigenvalue weighted by molar-refractivity contribution is 5.95. The van der Waals surface area contributed by atoms with Crippen molar-refractivity contribution in [3.63, 3.8) is 0 Å². The first-order chi connectivity index (χ1) is 8.52. The van der Waals surface area contributed by atoms with Crippen molar-refractivity contribution < 1.29 is 0 Å². The number of rotatable bonds is 3. The monoisotopic (exact) mass is 243 g/mol. The molecule has 0 atom stereocenters. The second kappa shape index (κ2) is 4.94. The van der Waals surface area contributed by atoms with Crippen LogP contribution >= 0.6 is 0 Å². The Bertz CT molecular complexity index is 573. The Morgan fingerprint density at radius 2 is 1.89 bits per heavy atom. The molecule has 96 valence electrons. The van der Waals surface area contributed by atoms with Gasteiger partial charge in [0.15, 0.2) is 0 Å². The number of nitrogens with zero attached hydrogens (tertiary/aromatic N) is 1. The van der Waals surface area contributed by atoms with E-state index in [0.29, 0.717) is 5.92 Å². The van der Waals surface area contributed by atoms with Crippen LogP contribution in [-0.2, 0) is 6.42 Å². The van der Waals surface area contributed by atoms with Crippen molar-refractivity contribution in [1.82, 2.24) is 4.98 Å². The van der Waals surface area contributed by atoms with Crippen LogP contribution in [0, 0.1) is 19.8 Å². The predicted octanol–water partition coefficient (Wildman–Crippen LogP) is 3.34. The van der Waals surface area contributed by atoms with Crippen molar-refractivity contribution in [2.75, 3.05) is 5.43 Å². The number of fused-ring (bicyclic) bond motifs is 1. The second-order valence-electron chi connectivity index (χ2n) is 5.33. The van der Waals surface area contributed by atoms with Crippen molar-refractivity contribution in [3.8, 4) is 0 Å². The first-order valence-electron chi connectivity index (χ1n) is 6.39. The molecular weight excluding hydrogens is 222 g/mol. The summed E-state index contributed by atoms with van der Waals surface area (Å²) in [5, 5.41) is 1.13. The average molecular weight is 243 g/mol. The van der Waals surface area contributed by atoms with E-state index in [-0.39, 0.29) is 0 Å². The summed E-state index contributed by atoms with van der Waals surface area (Å²) in [6.45, 7) is 8.58. The van der Waals surface area contributed by atoms with E-state index in [9.17, 15) is 0 Å². The molecule has 1 aromatic carbocycles. The molecule has 0 spiro atoms. The van der Waals surface area contributed by atoms with Gasteiger partial charge in [0.25, 0.3) is 0 Å². The van der Waals surface area contributed by atoms with E-state index in [0.717, 1.165) is 28.7 Å². The molecule has 0 saturated heterocycles. The number of anilines is 1. The Morgan fingerprint density at radius 3 is 2.50 bits per heavy atom. The number of aryl methyl sites for hydroxylation is 2. The zero-order valence-electron chi connectivity index (χ0n) is 11.5. The van der Waals surface area contributed by atoms with Gasteiger partial charge in [0.1, 0.15) is 0 Å². The molecule has 0 aliphatic heterocycles. The van der Waals surface area contributed by atoms with Crippen LogP contribution in [0.15, 0.2) is 18.2 Å². The third-order valence-corrected chi connectivity index (χ3v) is 3.20. The highest BCUT2D eigenvalue weighted by Gasteiger charge is 2.10. The summed E-state index contributed by atoms with van der Waals surface area (Å²) >= 11 is 0. The normalized spacial score (nSPS) is 11.2. The second-order valence-corrected chi connectivity index (χ2v) is 5.33. The fourth-order valence-corrected chi connectivity index (χ4v) is 2.33. The van der Waals surface area contributed by atoms with Crippen molar-refractivity contribution in [2.24, 2.45) is 11.8 Å². The molecule has 1 aromatic heterocycles. The summed E-state index contributed by atoms with van der Waals surface area (Å²) in [7, 11) is 0. The largest absolute Gasteiger partial charge is 0.323 e. The maximum absolute atomic E-state index is 5.66. The lowest BCUT2D eigenvalue weighted by atomic mass is 10.0. The molecule has 0 unspecified atom stereocenters. The Balaban J connectivity index is 2.71. The van der Waals surface area contributed by atoms with Gasteiger partial charge in [-0.1, -0.05) is 26.0 Å². The van der Waals surface area contributed by atoms with Crippen molar-refractivity contribution in [2.45, 2.75) is 34.1 Å². The van der Waals surface area contributed by atoms with Gasteiger partial charge < -0.3 is 5.43 Å². The number of hydrazine groups is 1. The van der Waals surface area contributed by atoms with E-state index in [1.807, 2.05) is 0 Å². The van der Waals surface area contributed by atoms with E-state index in [1.165, 1.54) is 11.1 Å². The number of hydrogen-bond acceptors (Lipinski definition) is 3. The molecule has 2 aromatic rings. The Kier molecular flexibility index (Phi) is 3.53. The third-order valence-electron chi connectivity index (χ3n) is 3.20. The standard InChI is InChI=1S/C15H21N3/c1-9(2)7-12-8-13(18-16)14-10(3)5-6-11(4)15(14)17-12/h5-6,8-9H,7,16H2,1-4H3,(H,17,18). The fourth-order valence-electron chi connectivity index (χ4n) is 2.33. The fraction of sp³-hybridized carbons (Fsp3) is 0.400. The molecule has 0 saturated carbocycles. The van der Waals surface area contributed by atoms with Crippen LogP contribution in [0.2, 0.25) is 0 Å². The van der Waals surface area contributed by atoms with Gasteiger partial charge in [-0.2, -0.15) is 0 Å². The zero-order chi connectivity index (χ0) is 13.3. The van der Waals surface area contributed by atoms with Crippen molar-refractivity contribution in [1.29, 1.82) is 0 Å². The van der Waals surface area contributed by atoms with Gasteiger partial charge in [-0.05, 0) is 43.4 Å². The quantitative estimate of drug-likeness (QED) is 0.642. The van der Waals surface area contributed by atoms with Gasteiger partial charge in [0, 0.05) is 11.1 Å². The van der Waals surface area contributed by atoms with Crippen LogP contribution in [0.3, 0.4) is 0 Å². The van der Waals surface area contributed by atoms with Crippen molar-refractivity contribution in [3.05, 3.63) is 35.0 Å². The lowest BCUT2D eigenvalue weighted by molar-refractivity contribution is 0.637.